The molecular formula is C15H16Cl3NO. The van der Waals surface area contributed by atoms with Crippen LogP contribution in [0.15, 0.2) is 49.1 Å². The normalized spacial score (nSPS) is 13.7. The Morgan fingerprint density at radius 2 is 1.95 bits per heavy atom. The molecule has 0 saturated carbocycles. The van der Waals surface area contributed by atoms with Crippen LogP contribution in [0.4, 0.5) is 0 Å². The van der Waals surface area contributed by atoms with Gasteiger partial charge in [-0.3, -0.25) is 5.41 Å². The van der Waals surface area contributed by atoms with Crippen LogP contribution in [0, 0.1) is 5.41 Å². The molecule has 0 aliphatic rings. The number of nitrogens with one attached hydrogen (secondary N) is 1. The van der Waals surface area contributed by atoms with Crippen LogP contribution in [0.25, 0.3) is 5.57 Å². The molecule has 0 heterocycles. The summed E-state index contributed by atoms with van der Waals surface area (Å²) in [5.41, 5.74) is 2.10. The molecule has 0 aromatic heterocycles. The van der Waals surface area contributed by atoms with Gasteiger partial charge in [-0.05, 0) is 24.1 Å². The fraction of sp³-hybridized carbons (Fsp3) is 0.267. The average molecular weight is 333 g/mol. The molecule has 0 amide bonds. The third kappa shape index (κ3) is 5.58. The average Bonchev–Trinajstić information content (AvgIpc) is 2.38. The van der Waals surface area contributed by atoms with Gasteiger partial charge in [0, 0.05) is 6.42 Å². The largest absolute Gasteiger partial charge is 0.470 e. The zero-order valence-electron chi connectivity index (χ0n) is 11.1. The van der Waals surface area contributed by atoms with Gasteiger partial charge in [-0.1, -0.05) is 71.2 Å². The fourth-order valence-corrected chi connectivity index (χ4v) is 1.74. The van der Waals surface area contributed by atoms with E-state index < -0.39 is 15.8 Å². The van der Waals surface area contributed by atoms with Crippen molar-refractivity contribution < 1.29 is 4.74 Å². The van der Waals surface area contributed by atoms with E-state index in [9.17, 15) is 0 Å². The minimum Gasteiger partial charge on any atom is -0.470 e. The van der Waals surface area contributed by atoms with Crippen LogP contribution in [-0.2, 0) is 4.74 Å². The van der Waals surface area contributed by atoms with E-state index in [1.165, 1.54) is 0 Å². The van der Waals surface area contributed by atoms with Crippen molar-refractivity contribution in [2.45, 2.75) is 23.2 Å². The van der Waals surface area contributed by atoms with Crippen molar-refractivity contribution in [3.8, 4) is 0 Å². The van der Waals surface area contributed by atoms with Crippen molar-refractivity contribution in [3.63, 3.8) is 0 Å². The topological polar surface area (TPSA) is 33.1 Å². The highest BCUT2D eigenvalue weighted by molar-refractivity contribution is 6.76. The number of ether oxygens (including phenoxy) is 1. The minimum atomic E-state index is -1.85. The SMILES string of the molecule is C=CC[C@@H](/C=C(/C)c1ccccc1)OC(=N)C(Cl)(Cl)Cl. The summed E-state index contributed by atoms with van der Waals surface area (Å²) in [6.07, 6.45) is 3.72. The van der Waals surface area contributed by atoms with Gasteiger partial charge in [0.25, 0.3) is 3.79 Å². The van der Waals surface area contributed by atoms with Crippen LogP contribution in [0.5, 0.6) is 0 Å². The number of allylic oxidation sites excluding steroid dienone is 1. The van der Waals surface area contributed by atoms with Gasteiger partial charge in [-0.15, -0.1) is 6.58 Å². The van der Waals surface area contributed by atoms with Crippen molar-refractivity contribution in [3.05, 3.63) is 54.6 Å². The van der Waals surface area contributed by atoms with E-state index in [0.29, 0.717) is 6.42 Å². The molecule has 0 bridgehead atoms. The third-order valence-corrected chi connectivity index (χ3v) is 3.11. The van der Waals surface area contributed by atoms with Gasteiger partial charge >= 0.3 is 0 Å². The summed E-state index contributed by atoms with van der Waals surface area (Å²) in [4.78, 5) is 0. The first-order valence-corrected chi connectivity index (χ1v) is 7.15. The lowest BCUT2D eigenvalue weighted by molar-refractivity contribution is 0.232. The van der Waals surface area contributed by atoms with E-state index in [0.717, 1.165) is 11.1 Å². The molecule has 1 aromatic carbocycles. The van der Waals surface area contributed by atoms with Crippen molar-refractivity contribution >= 4 is 46.3 Å². The zero-order chi connectivity index (χ0) is 15.2. The fourth-order valence-electron chi connectivity index (χ4n) is 1.61. The van der Waals surface area contributed by atoms with Crippen LogP contribution in [-0.4, -0.2) is 15.8 Å². The highest BCUT2D eigenvalue weighted by atomic mass is 35.6. The van der Waals surface area contributed by atoms with Crippen molar-refractivity contribution in [2.75, 3.05) is 0 Å². The second kappa shape index (κ2) is 7.72. The molecule has 0 aliphatic heterocycles. The zero-order valence-corrected chi connectivity index (χ0v) is 13.3. The monoisotopic (exact) mass is 331 g/mol. The van der Waals surface area contributed by atoms with E-state index in [-0.39, 0.29) is 0 Å². The molecule has 0 fully saturated rings. The maximum absolute atomic E-state index is 7.62. The molecule has 1 aromatic rings. The van der Waals surface area contributed by atoms with Gasteiger partial charge < -0.3 is 4.74 Å². The summed E-state index contributed by atoms with van der Waals surface area (Å²) in [7, 11) is 0. The second-order valence-corrected chi connectivity index (χ2v) is 6.50. The van der Waals surface area contributed by atoms with Gasteiger partial charge in [0.1, 0.15) is 6.10 Å². The summed E-state index contributed by atoms with van der Waals surface area (Å²) < 4.78 is 3.53. The summed E-state index contributed by atoms with van der Waals surface area (Å²) in [5, 5.41) is 7.62. The van der Waals surface area contributed by atoms with Gasteiger partial charge in [-0.2, -0.15) is 0 Å². The molecule has 5 heteroatoms. The number of benzene rings is 1. The standard InChI is InChI=1S/C15H16Cl3NO/c1-3-7-13(20-14(19)15(16,17)18)10-11(2)12-8-5-4-6-9-12/h3-6,8-10,13,19H,1,7H2,2H3/b11-10-,19-14?/t13-/m0/s1. The molecule has 1 N–H and O–H groups in total. The van der Waals surface area contributed by atoms with Crippen molar-refractivity contribution in [1.82, 2.24) is 0 Å². The Bertz CT molecular complexity index is 492. The Balaban J connectivity index is 2.87. The predicted octanol–water partition coefficient (Wildman–Crippen LogP) is 5.40. The lowest BCUT2D eigenvalue weighted by atomic mass is 10.0. The van der Waals surface area contributed by atoms with Crippen LogP contribution >= 0.6 is 34.8 Å². The Morgan fingerprint density at radius 1 is 1.35 bits per heavy atom. The molecule has 20 heavy (non-hydrogen) atoms. The van der Waals surface area contributed by atoms with Gasteiger partial charge in [0.15, 0.2) is 0 Å². The van der Waals surface area contributed by atoms with E-state index >= 15 is 0 Å². The van der Waals surface area contributed by atoms with Crippen LogP contribution < -0.4 is 0 Å². The number of hydrogen-bond donors (Lipinski definition) is 1. The Morgan fingerprint density at radius 3 is 2.45 bits per heavy atom. The lowest BCUT2D eigenvalue weighted by Crippen LogP contribution is -2.26. The molecule has 0 spiro atoms. The second-order valence-electron chi connectivity index (χ2n) is 4.22. The Labute approximate surface area is 134 Å². The van der Waals surface area contributed by atoms with E-state index in [1.807, 2.05) is 43.3 Å². The number of rotatable bonds is 5. The van der Waals surface area contributed by atoms with Gasteiger partial charge in [0.05, 0.1) is 0 Å². The molecule has 1 rings (SSSR count). The Hall–Kier alpha value is -0.960. The van der Waals surface area contributed by atoms with E-state index in [2.05, 4.69) is 6.58 Å². The summed E-state index contributed by atoms with van der Waals surface area (Å²) in [6.45, 7) is 5.64. The van der Waals surface area contributed by atoms with Gasteiger partial charge in [0.2, 0.25) is 5.90 Å². The first-order valence-electron chi connectivity index (χ1n) is 6.01. The summed E-state index contributed by atoms with van der Waals surface area (Å²) >= 11 is 16.8. The van der Waals surface area contributed by atoms with Crippen molar-refractivity contribution in [2.24, 2.45) is 0 Å². The Kier molecular flexibility index (Phi) is 6.60. The molecule has 0 aliphatic carbocycles. The predicted molar refractivity (Wildman–Crippen MR) is 87.8 cm³/mol. The highest BCUT2D eigenvalue weighted by Crippen LogP contribution is 2.29. The molecule has 2 nitrogen and oxygen atoms in total. The van der Waals surface area contributed by atoms with Gasteiger partial charge in [-0.25, -0.2) is 0 Å². The van der Waals surface area contributed by atoms with Crippen molar-refractivity contribution in [1.29, 1.82) is 5.41 Å². The summed E-state index contributed by atoms with van der Waals surface area (Å²) in [6, 6.07) is 9.86. The molecule has 0 radical (unpaired) electrons. The minimum absolute atomic E-state index is 0.393. The quantitative estimate of drug-likeness (QED) is 0.333. The molecule has 0 unspecified atom stereocenters. The smallest absolute Gasteiger partial charge is 0.265 e. The van der Waals surface area contributed by atoms with Crippen LogP contribution in [0.1, 0.15) is 18.9 Å². The van der Waals surface area contributed by atoms with E-state index in [1.54, 1.807) is 6.08 Å². The number of halogens is 3. The number of alkyl halides is 3. The number of hydrogen-bond acceptors (Lipinski definition) is 2. The third-order valence-electron chi connectivity index (χ3n) is 2.59. The van der Waals surface area contributed by atoms with Crippen LogP contribution in [0.3, 0.4) is 0 Å². The molecule has 1 atom stereocenters. The molecule has 0 saturated heterocycles. The molecule has 108 valence electrons. The lowest BCUT2D eigenvalue weighted by Gasteiger charge is -2.19. The summed E-state index contributed by atoms with van der Waals surface area (Å²) in [5.74, 6) is -0.397. The van der Waals surface area contributed by atoms with Crippen LogP contribution in [0.2, 0.25) is 0 Å². The van der Waals surface area contributed by atoms with E-state index in [4.69, 9.17) is 44.9 Å². The first-order chi connectivity index (χ1) is 9.34. The maximum Gasteiger partial charge on any atom is 0.265 e. The highest BCUT2D eigenvalue weighted by Gasteiger charge is 2.30. The maximum atomic E-state index is 7.62. The first kappa shape index (κ1) is 17.1. The molecular weight excluding hydrogens is 317 g/mol.